The molecule has 1 heterocycles. The van der Waals surface area contributed by atoms with Crippen LogP contribution < -0.4 is 5.32 Å². The van der Waals surface area contributed by atoms with Gasteiger partial charge in [0.2, 0.25) is 0 Å². The van der Waals surface area contributed by atoms with Crippen molar-refractivity contribution in [2.75, 3.05) is 25.6 Å². The van der Waals surface area contributed by atoms with Gasteiger partial charge in [-0.3, -0.25) is 4.68 Å². The number of anilines is 1. The maximum Gasteiger partial charge on any atom is 0.341 e. The Hall–Kier alpha value is -1.60. The Morgan fingerprint density at radius 2 is 2.29 bits per heavy atom. The summed E-state index contributed by atoms with van der Waals surface area (Å²) in [7, 11) is 3.13. The molecule has 7 heteroatoms. The van der Waals surface area contributed by atoms with Gasteiger partial charge < -0.3 is 20.3 Å². The maximum absolute atomic E-state index is 11.0. The third-order valence-corrected chi connectivity index (χ3v) is 2.30. The van der Waals surface area contributed by atoms with E-state index in [-0.39, 0.29) is 18.7 Å². The highest BCUT2D eigenvalue weighted by molar-refractivity contribution is 5.94. The Kier molecular flexibility index (Phi) is 4.47. The van der Waals surface area contributed by atoms with Gasteiger partial charge in [0, 0.05) is 20.7 Å². The molecule has 1 atom stereocenters. The topological polar surface area (TPSA) is 96.6 Å². The Labute approximate surface area is 99.0 Å². The molecule has 0 aliphatic rings. The standard InChI is InChI=1S/C10H17N3O4/c1-6-8(10(15)16)9(13(2)12-6)11-4-7(14)5-17-3/h7,11,14H,4-5H2,1-3H3,(H,15,16). The number of methoxy groups -OCH3 is 1. The second-order valence-corrected chi connectivity index (χ2v) is 3.73. The fourth-order valence-electron chi connectivity index (χ4n) is 1.58. The fourth-order valence-corrected chi connectivity index (χ4v) is 1.58. The molecular formula is C10H17N3O4. The van der Waals surface area contributed by atoms with Crippen molar-refractivity contribution in [3.05, 3.63) is 11.3 Å². The lowest BCUT2D eigenvalue weighted by Crippen LogP contribution is -2.25. The van der Waals surface area contributed by atoms with Crippen LogP contribution in [0.1, 0.15) is 16.1 Å². The fraction of sp³-hybridized carbons (Fsp3) is 0.600. The molecule has 0 saturated carbocycles. The Morgan fingerprint density at radius 1 is 1.65 bits per heavy atom. The van der Waals surface area contributed by atoms with E-state index < -0.39 is 12.1 Å². The highest BCUT2D eigenvalue weighted by Crippen LogP contribution is 2.18. The van der Waals surface area contributed by atoms with Crippen molar-refractivity contribution >= 4 is 11.8 Å². The van der Waals surface area contributed by atoms with Crippen LogP contribution in [0, 0.1) is 6.92 Å². The van der Waals surface area contributed by atoms with E-state index in [1.807, 2.05) is 0 Å². The molecule has 1 unspecified atom stereocenters. The minimum absolute atomic E-state index is 0.122. The summed E-state index contributed by atoms with van der Waals surface area (Å²) < 4.78 is 6.22. The van der Waals surface area contributed by atoms with Gasteiger partial charge in [-0.25, -0.2) is 4.79 Å². The van der Waals surface area contributed by atoms with Gasteiger partial charge in [0.1, 0.15) is 11.4 Å². The van der Waals surface area contributed by atoms with Crippen LogP contribution in [0.3, 0.4) is 0 Å². The zero-order valence-electron chi connectivity index (χ0n) is 10.1. The third kappa shape index (κ3) is 3.18. The molecule has 7 nitrogen and oxygen atoms in total. The van der Waals surface area contributed by atoms with Crippen molar-refractivity contribution < 1.29 is 19.7 Å². The van der Waals surface area contributed by atoms with Gasteiger partial charge in [-0.15, -0.1) is 0 Å². The number of hydrogen-bond acceptors (Lipinski definition) is 5. The number of nitrogens with zero attached hydrogens (tertiary/aromatic N) is 2. The lowest BCUT2D eigenvalue weighted by atomic mass is 10.2. The molecule has 17 heavy (non-hydrogen) atoms. The van der Waals surface area contributed by atoms with E-state index in [1.54, 1.807) is 14.0 Å². The number of carboxylic acid groups (broad SMARTS) is 1. The quantitative estimate of drug-likeness (QED) is 0.642. The Morgan fingerprint density at radius 3 is 2.82 bits per heavy atom. The third-order valence-electron chi connectivity index (χ3n) is 2.30. The van der Waals surface area contributed by atoms with E-state index >= 15 is 0 Å². The molecule has 0 saturated heterocycles. The summed E-state index contributed by atoms with van der Waals surface area (Å²) >= 11 is 0. The van der Waals surface area contributed by atoms with Crippen LogP contribution >= 0.6 is 0 Å². The van der Waals surface area contributed by atoms with Crippen LogP contribution in [-0.2, 0) is 11.8 Å². The summed E-state index contributed by atoms with van der Waals surface area (Å²) in [6, 6.07) is 0. The SMILES string of the molecule is COCC(O)CNc1c(C(=O)O)c(C)nn1C. The predicted molar refractivity (Wildman–Crippen MR) is 61.3 cm³/mol. The summed E-state index contributed by atoms with van der Waals surface area (Å²) in [5, 5.41) is 25.4. The van der Waals surface area contributed by atoms with Gasteiger partial charge in [0.15, 0.2) is 0 Å². The highest BCUT2D eigenvalue weighted by atomic mass is 16.5. The molecule has 0 aromatic carbocycles. The molecule has 96 valence electrons. The van der Waals surface area contributed by atoms with Crippen molar-refractivity contribution in [2.45, 2.75) is 13.0 Å². The molecule has 0 spiro atoms. The molecule has 1 aromatic rings. The van der Waals surface area contributed by atoms with Gasteiger partial charge in [-0.2, -0.15) is 5.10 Å². The Bertz CT molecular complexity index is 403. The summed E-state index contributed by atoms with van der Waals surface area (Å²) in [4.78, 5) is 11.0. The van der Waals surface area contributed by atoms with Crippen molar-refractivity contribution in [3.63, 3.8) is 0 Å². The number of aromatic nitrogens is 2. The molecular weight excluding hydrogens is 226 g/mol. The van der Waals surface area contributed by atoms with Crippen LogP contribution in [0.25, 0.3) is 0 Å². The van der Waals surface area contributed by atoms with E-state index in [1.165, 1.54) is 11.8 Å². The van der Waals surface area contributed by atoms with Crippen LogP contribution in [0.5, 0.6) is 0 Å². The summed E-state index contributed by atoms with van der Waals surface area (Å²) in [6.45, 7) is 2.01. The molecule has 0 aliphatic heterocycles. The molecule has 1 aromatic heterocycles. The Balaban J connectivity index is 2.80. The molecule has 1 rings (SSSR count). The molecule has 0 radical (unpaired) electrons. The van der Waals surface area contributed by atoms with Crippen molar-refractivity contribution in [1.82, 2.24) is 9.78 Å². The number of ether oxygens (including phenoxy) is 1. The zero-order valence-corrected chi connectivity index (χ0v) is 10.1. The molecule has 0 bridgehead atoms. The molecule has 3 N–H and O–H groups in total. The first-order valence-corrected chi connectivity index (χ1v) is 5.15. The van der Waals surface area contributed by atoms with Gasteiger partial charge in [-0.1, -0.05) is 0 Å². The number of hydrogen-bond donors (Lipinski definition) is 3. The molecule has 0 aliphatic carbocycles. The molecule has 0 amide bonds. The minimum atomic E-state index is -1.04. The number of aromatic carboxylic acids is 1. The first-order chi connectivity index (χ1) is 7.97. The summed E-state index contributed by atoms with van der Waals surface area (Å²) in [5.41, 5.74) is 0.556. The zero-order chi connectivity index (χ0) is 13.0. The van der Waals surface area contributed by atoms with Crippen molar-refractivity contribution in [3.8, 4) is 0 Å². The van der Waals surface area contributed by atoms with E-state index in [0.717, 1.165) is 0 Å². The maximum atomic E-state index is 11.0. The van der Waals surface area contributed by atoms with E-state index in [2.05, 4.69) is 10.4 Å². The number of aliphatic hydroxyl groups is 1. The first-order valence-electron chi connectivity index (χ1n) is 5.15. The molecule has 0 fully saturated rings. The lowest BCUT2D eigenvalue weighted by molar-refractivity contribution is 0.0692. The summed E-state index contributed by atoms with van der Waals surface area (Å²) in [6.07, 6.45) is -0.697. The first kappa shape index (κ1) is 13.5. The number of carboxylic acids is 1. The predicted octanol–water partition coefficient (Wildman–Crippen LogP) is -0.154. The van der Waals surface area contributed by atoms with Gasteiger partial charge in [0.05, 0.1) is 18.4 Å². The number of rotatable bonds is 6. The average molecular weight is 243 g/mol. The highest BCUT2D eigenvalue weighted by Gasteiger charge is 2.19. The number of aryl methyl sites for hydroxylation is 2. The average Bonchev–Trinajstić information content (AvgIpc) is 2.50. The second-order valence-electron chi connectivity index (χ2n) is 3.73. The van der Waals surface area contributed by atoms with Crippen LogP contribution in [-0.4, -0.2) is 52.3 Å². The van der Waals surface area contributed by atoms with E-state index in [0.29, 0.717) is 11.5 Å². The minimum Gasteiger partial charge on any atom is -0.477 e. The van der Waals surface area contributed by atoms with Gasteiger partial charge in [-0.05, 0) is 6.92 Å². The number of nitrogens with one attached hydrogen (secondary N) is 1. The van der Waals surface area contributed by atoms with Crippen molar-refractivity contribution in [1.29, 1.82) is 0 Å². The number of aliphatic hydroxyl groups excluding tert-OH is 1. The van der Waals surface area contributed by atoms with Crippen LogP contribution in [0.15, 0.2) is 0 Å². The van der Waals surface area contributed by atoms with Gasteiger partial charge >= 0.3 is 5.97 Å². The monoisotopic (exact) mass is 243 g/mol. The number of carbonyl (C=O) groups is 1. The van der Waals surface area contributed by atoms with Crippen LogP contribution in [0.4, 0.5) is 5.82 Å². The largest absolute Gasteiger partial charge is 0.477 e. The van der Waals surface area contributed by atoms with E-state index in [4.69, 9.17) is 9.84 Å². The second kappa shape index (κ2) is 5.65. The van der Waals surface area contributed by atoms with Gasteiger partial charge in [0.25, 0.3) is 0 Å². The normalized spacial score (nSPS) is 12.5. The van der Waals surface area contributed by atoms with Crippen LogP contribution in [0.2, 0.25) is 0 Å². The summed E-state index contributed by atoms with van der Waals surface area (Å²) in [5.74, 6) is -0.663. The smallest absolute Gasteiger partial charge is 0.341 e. The van der Waals surface area contributed by atoms with Crippen molar-refractivity contribution in [2.24, 2.45) is 7.05 Å². The lowest BCUT2D eigenvalue weighted by Gasteiger charge is -2.12. The van der Waals surface area contributed by atoms with E-state index in [9.17, 15) is 9.90 Å².